The summed E-state index contributed by atoms with van der Waals surface area (Å²) in [5.74, 6) is 1.36. The number of primary amides is 1. The molecule has 8 aromatic heterocycles. The normalized spacial score (nSPS) is 10.2. The Kier molecular flexibility index (Phi) is 32.0. The van der Waals surface area contributed by atoms with Gasteiger partial charge in [0, 0.05) is 137 Å². The number of nitrogens with zero attached hydrogens (tertiary/aromatic N) is 11. The molecule has 0 fully saturated rings. The van der Waals surface area contributed by atoms with E-state index in [1.54, 1.807) is 52.6 Å². The molecule has 0 saturated carbocycles. The number of amides is 4. The Morgan fingerprint density at radius 3 is 1.04 bits per heavy atom. The molecule has 103 heavy (non-hydrogen) atoms. The number of anilines is 3. The molecule has 526 valence electrons. The number of carbonyl (C=O) groups is 2. The van der Waals surface area contributed by atoms with Gasteiger partial charge in [0.1, 0.15) is 12.0 Å². The molecule has 0 aliphatic carbocycles. The van der Waals surface area contributed by atoms with E-state index in [-0.39, 0.29) is 6.03 Å². The van der Waals surface area contributed by atoms with Gasteiger partial charge in [-0.1, -0.05) is 97.6 Å². The second-order valence-corrected chi connectivity index (χ2v) is 24.2. The van der Waals surface area contributed by atoms with Crippen LogP contribution in [0.5, 0.6) is 0 Å². The number of urea groups is 2. The minimum absolute atomic E-state index is 0.226. The number of carbonyl (C=O) groups excluding carboxylic acids is 2. The van der Waals surface area contributed by atoms with Gasteiger partial charge in [-0.15, -0.1) is 23.6 Å². The van der Waals surface area contributed by atoms with E-state index in [4.69, 9.17) is 26.0 Å². The van der Waals surface area contributed by atoms with Crippen molar-refractivity contribution in [3.05, 3.63) is 288 Å². The zero-order chi connectivity index (χ0) is 73.9. The Labute approximate surface area is 610 Å². The van der Waals surface area contributed by atoms with Crippen LogP contribution in [-0.4, -0.2) is 99.3 Å². The number of rotatable bonds is 17. The lowest BCUT2D eigenvalue weighted by Crippen LogP contribution is -2.24. The van der Waals surface area contributed by atoms with Crippen molar-refractivity contribution >= 4 is 59.2 Å². The van der Waals surface area contributed by atoms with Crippen LogP contribution >= 0.6 is 24.1 Å². The summed E-state index contributed by atoms with van der Waals surface area (Å²) in [6.07, 6.45) is 3.53. The van der Waals surface area contributed by atoms with E-state index in [9.17, 15) is 9.59 Å². The summed E-state index contributed by atoms with van der Waals surface area (Å²) in [5.41, 5.74) is 26.7. The molecule has 0 spiro atoms. The molecule has 8 heterocycles. The van der Waals surface area contributed by atoms with Crippen molar-refractivity contribution in [3.8, 4) is 67.5 Å². The van der Waals surface area contributed by atoms with Gasteiger partial charge in [0.15, 0.2) is 0 Å². The van der Waals surface area contributed by atoms with E-state index in [0.29, 0.717) is 11.5 Å². The highest BCUT2D eigenvalue weighted by atomic mass is 32.2. The standard InChI is InChI=1S/C14H15N3O.C14H16N2O2S.C13H13N3O.C13H15N3.C13H14N2O2S.C12H9N3/c1-10-4-3-5-13(16-10)11-6-8-12(9-7-11)17-14(18)15-2;1-11-5-4-6-14(15-11)12-7-9-13(10-8-12)19-18-17-16(2)3;1-9-3-2-4-12(15-9)10-5-7-11(8-6-10)16-13(14)17;1-10-5-4-6-12(15-10)11-7-8-13(14-9-11)16(2)3;1-10-4-3-5-13(15-10)11-6-8-12(9-7-11)18-17-16-14-2;1-9-4-3-5-11(15-9)10-6-7-12(13-2)14-8-10/h3-9H,1-2H3,(H2,15,17,18);4-10H,1-3H3;2-8H,1H3,(H3,14,16,17);4-9H,1-3H3;3-9,14H,1-2H3;3-8H,1H3. The summed E-state index contributed by atoms with van der Waals surface area (Å²) in [4.78, 5) is 73.5. The molecule has 6 N–H and O–H groups in total. The molecule has 24 heteroatoms. The third-order valence-corrected chi connectivity index (χ3v) is 15.2. The molecule has 0 radical (unpaired) electrons. The molecule has 4 amide bonds. The largest absolute Gasteiger partial charge is 0.363 e. The zero-order valence-corrected chi connectivity index (χ0v) is 61.0. The number of hydrogen-bond acceptors (Lipinski definition) is 19. The highest BCUT2D eigenvalue weighted by Gasteiger charge is 2.08. The number of aryl methyl sites for hydroxylation is 6. The quantitative estimate of drug-likeness (QED) is 0.0187. The molecule has 0 saturated heterocycles. The topological polar surface area (TPSA) is 259 Å². The fourth-order valence-corrected chi connectivity index (χ4v) is 9.89. The fraction of sp³-hybridized carbons (Fsp3) is 0.152. The maximum atomic E-state index is 11.1. The number of aromatic nitrogens is 8. The average molecular weight is 1420 g/mol. The molecule has 12 aromatic rings. The molecule has 22 nitrogen and oxygen atoms in total. The summed E-state index contributed by atoms with van der Waals surface area (Å²) in [6, 6.07) is 73.3. The van der Waals surface area contributed by atoms with Crippen LogP contribution in [0.15, 0.2) is 253 Å². The second kappa shape index (κ2) is 41.8. The Morgan fingerprint density at radius 2 is 0.748 bits per heavy atom. The van der Waals surface area contributed by atoms with Gasteiger partial charge < -0.3 is 31.4 Å². The summed E-state index contributed by atoms with van der Waals surface area (Å²) < 4.78 is 9.80. The molecule has 0 atom stereocenters. The van der Waals surface area contributed by atoms with Crippen molar-refractivity contribution < 1.29 is 28.2 Å². The van der Waals surface area contributed by atoms with Crippen molar-refractivity contribution in [1.29, 1.82) is 0 Å². The Bertz CT molecular complexity index is 4630. The van der Waals surface area contributed by atoms with Gasteiger partial charge in [-0.05, 0) is 181 Å². The molecular formula is C79H82N16O6S2. The van der Waals surface area contributed by atoms with Gasteiger partial charge in [0.05, 0.1) is 58.2 Å². The Balaban J connectivity index is 0.000000173. The number of nitrogens with two attached hydrogens (primary N) is 1. The van der Waals surface area contributed by atoms with Crippen LogP contribution in [0.2, 0.25) is 0 Å². The number of hydrogen-bond donors (Lipinski definition) is 5. The van der Waals surface area contributed by atoms with Crippen molar-refractivity contribution in [3.63, 3.8) is 0 Å². The number of nitrogens with one attached hydrogen (secondary N) is 4. The predicted octanol–water partition coefficient (Wildman–Crippen LogP) is 17.5. The summed E-state index contributed by atoms with van der Waals surface area (Å²) in [7, 11) is 10.7. The van der Waals surface area contributed by atoms with Gasteiger partial charge in [0.2, 0.25) is 0 Å². The first-order valence-corrected chi connectivity index (χ1v) is 33.6. The van der Waals surface area contributed by atoms with E-state index in [2.05, 4.69) is 71.1 Å². The Morgan fingerprint density at radius 1 is 0.417 bits per heavy atom. The molecular weight excluding hydrogens is 1330 g/mol. The minimum Gasteiger partial charge on any atom is -0.363 e. The second-order valence-electron chi connectivity index (χ2n) is 22.7. The van der Waals surface area contributed by atoms with Gasteiger partial charge in [-0.3, -0.25) is 29.9 Å². The highest BCUT2D eigenvalue weighted by molar-refractivity contribution is 7.94. The van der Waals surface area contributed by atoms with Crippen LogP contribution in [0.4, 0.5) is 32.6 Å². The minimum atomic E-state index is -0.563. The van der Waals surface area contributed by atoms with Crippen LogP contribution in [0, 0.1) is 48.1 Å². The number of hydroxylamine groups is 3. The molecule has 4 aromatic carbocycles. The van der Waals surface area contributed by atoms with E-state index in [1.807, 2.05) is 279 Å². The molecule has 0 aliphatic rings. The average Bonchev–Trinajstić information content (AvgIpc) is 0.899. The van der Waals surface area contributed by atoms with E-state index < -0.39 is 6.03 Å². The van der Waals surface area contributed by atoms with Gasteiger partial charge in [-0.2, -0.15) is 10.5 Å². The third-order valence-electron chi connectivity index (χ3n) is 14.0. The highest BCUT2D eigenvalue weighted by Crippen LogP contribution is 2.28. The number of pyridine rings is 8. The predicted molar refractivity (Wildman–Crippen MR) is 413 cm³/mol. The third kappa shape index (κ3) is 27.8. The Hall–Kier alpha value is -11.6. The summed E-state index contributed by atoms with van der Waals surface area (Å²) >= 11 is 2.32. The lowest BCUT2D eigenvalue weighted by Gasteiger charge is -2.11. The smallest absolute Gasteiger partial charge is 0.318 e. The van der Waals surface area contributed by atoms with Crippen LogP contribution in [-0.2, 0) is 18.6 Å². The fourth-order valence-electron chi connectivity index (χ4n) is 8.98. The van der Waals surface area contributed by atoms with Crippen molar-refractivity contribution in [2.75, 3.05) is 57.8 Å². The van der Waals surface area contributed by atoms with Gasteiger partial charge in [-0.25, -0.2) is 14.6 Å². The van der Waals surface area contributed by atoms with Crippen molar-refractivity contribution in [1.82, 2.24) is 55.7 Å². The van der Waals surface area contributed by atoms with E-state index in [1.165, 1.54) is 17.1 Å². The SMILES string of the molecule is CNC(=O)Nc1ccc(-c2cccc(C)n2)cc1.CNOOSc1ccc(-c2cccc(C)n2)cc1.Cc1cccc(-c2ccc(N(C)C)nc2)n1.Cc1cccc(-c2ccc(NC(N)=O)cc2)n1.Cc1cccc(-c2ccc(SOON(C)C)cc2)n1.[C-]#[N+]c1ccc(-c2cccc(C)n2)cn1. The van der Waals surface area contributed by atoms with Crippen LogP contribution in [0.25, 0.3) is 72.4 Å². The van der Waals surface area contributed by atoms with Gasteiger partial charge in [0.25, 0.3) is 5.82 Å². The van der Waals surface area contributed by atoms with Crippen LogP contribution in [0.1, 0.15) is 34.2 Å². The lowest BCUT2D eigenvalue weighted by molar-refractivity contribution is -0.340. The maximum absolute atomic E-state index is 11.1. The van der Waals surface area contributed by atoms with E-state index >= 15 is 0 Å². The van der Waals surface area contributed by atoms with E-state index in [0.717, 1.165) is 135 Å². The molecule has 0 aliphatic heterocycles. The van der Waals surface area contributed by atoms with Crippen molar-refractivity contribution in [2.45, 2.75) is 51.3 Å². The first kappa shape index (κ1) is 78.7. The monoisotopic (exact) mass is 1410 g/mol. The number of benzene rings is 4. The first-order chi connectivity index (χ1) is 49.7. The maximum Gasteiger partial charge on any atom is 0.318 e. The zero-order valence-electron chi connectivity index (χ0n) is 59.4. The molecule has 0 unspecified atom stereocenters. The van der Waals surface area contributed by atoms with Crippen molar-refractivity contribution in [2.24, 2.45) is 5.73 Å². The van der Waals surface area contributed by atoms with Crippen LogP contribution < -0.4 is 32.1 Å². The summed E-state index contributed by atoms with van der Waals surface area (Å²) in [5, 5.41) is 9.21. The molecule has 12 rings (SSSR count). The van der Waals surface area contributed by atoms with Crippen LogP contribution in [0.3, 0.4) is 0 Å². The summed E-state index contributed by atoms with van der Waals surface area (Å²) in [6.45, 7) is 18.6. The lowest BCUT2D eigenvalue weighted by atomic mass is 10.1. The first-order valence-electron chi connectivity index (χ1n) is 32.2. The van der Waals surface area contributed by atoms with Gasteiger partial charge >= 0.3 is 12.1 Å². The molecule has 0 bridgehead atoms.